The van der Waals surface area contributed by atoms with Crippen molar-refractivity contribution in [1.82, 2.24) is 15.1 Å². The maximum atomic E-state index is 14.4. The molecule has 5 rings (SSSR count). The fraction of sp³-hybridized carbons (Fsp3) is 0.500. The summed E-state index contributed by atoms with van der Waals surface area (Å²) in [5, 5.41) is 7.76. The van der Waals surface area contributed by atoms with Gasteiger partial charge >= 0.3 is 6.18 Å². The van der Waals surface area contributed by atoms with Crippen LogP contribution in [0.15, 0.2) is 48.5 Å². The predicted molar refractivity (Wildman–Crippen MR) is 172 cm³/mol. The Morgan fingerprint density at radius 2 is 1.74 bits per heavy atom. The standard InChI is InChI=1S/C34H42F4N4O4Si/c1-7-41-31-28(26(20-46-47(5,6)33(2,3)4)40-42(31)25-15-17-45-18-16-25)27(21-11-13-24(35)14-12-21)29(32(41)44)39-30(43)22-9-8-10-23(19-22)34(36,37)38/h8-14,19,25,27,29H,7,15-18,20H2,1-6H3,(H,39,43)/t27-,29-/m1/s1. The summed E-state index contributed by atoms with van der Waals surface area (Å²) in [5.41, 5.74) is 0.591. The zero-order valence-corrected chi connectivity index (χ0v) is 28.6. The molecular weight excluding hydrogens is 632 g/mol. The molecule has 254 valence electrons. The number of rotatable bonds is 8. The van der Waals surface area contributed by atoms with E-state index >= 15 is 0 Å². The lowest BCUT2D eigenvalue weighted by molar-refractivity contribution is -0.137. The van der Waals surface area contributed by atoms with Crippen LogP contribution in [0.4, 0.5) is 23.4 Å². The molecule has 0 radical (unpaired) electrons. The van der Waals surface area contributed by atoms with Crippen LogP contribution in [0.2, 0.25) is 18.1 Å². The van der Waals surface area contributed by atoms with E-state index in [4.69, 9.17) is 14.3 Å². The van der Waals surface area contributed by atoms with E-state index in [0.29, 0.717) is 48.7 Å². The second-order valence-corrected chi connectivity index (χ2v) is 18.5. The van der Waals surface area contributed by atoms with Gasteiger partial charge in [-0.05, 0) is 73.8 Å². The number of hydrogen-bond acceptors (Lipinski definition) is 5. The normalized spacial score (nSPS) is 19.5. The monoisotopic (exact) mass is 674 g/mol. The van der Waals surface area contributed by atoms with Crippen LogP contribution in [0.3, 0.4) is 0 Å². The first-order valence-electron chi connectivity index (χ1n) is 15.9. The van der Waals surface area contributed by atoms with Crippen LogP contribution >= 0.6 is 0 Å². The highest BCUT2D eigenvalue weighted by molar-refractivity contribution is 6.74. The van der Waals surface area contributed by atoms with Crippen molar-refractivity contribution in [2.75, 3.05) is 24.7 Å². The number of benzene rings is 2. The van der Waals surface area contributed by atoms with Gasteiger partial charge in [-0.15, -0.1) is 0 Å². The molecule has 3 aromatic rings. The van der Waals surface area contributed by atoms with E-state index in [9.17, 15) is 27.2 Å². The topological polar surface area (TPSA) is 85.7 Å². The number of nitrogens with zero attached hydrogens (tertiary/aromatic N) is 3. The van der Waals surface area contributed by atoms with E-state index in [0.717, 1.165) is 18.2 Å². The Labute approximate surface area is 273 Å². The summed E-state index contributed by atoms with van der Waals surface area (Å²) < 4.78 is 68.9. The molecule has 0 saturated carbocycles. The van der Waals surface area contributed by atoms with Gasteiger partial charge in [0.2, 0.25) is 0 Å². The quantitative estimate of drug-likeness (QED) is 0.202. The SMILES string of the molecule is CCN1C(=O)[C@H](NC(=O)c2cccc(C(F)(F)F)c2)[C@H](c2ccc(F)cc2)c2c(CO[Si](C)(C)C(C)(C)C)nn(C3CCOCC3)c21. The second kappa shape index (κ2) is 13.2. The Hall–Kier alpha value is -3.55. The van der Waals surface area contributed by atoms with Crippen molar-refractivity contribution in [2.24, 2.45) is 0 Å². The number of carbonyl (C=O) groups is 2. The zero-order chi connectivity index (χ0) is 34.3. The number of ether oxygens (including phenoxy) is 1. The lowest BCUT2D eigenvalue weighted by Crippen LogP contribution is -2.55. The van der Waals surface area contributed by atoms with Gasteiger partial charge in [-0.1, -0.05) is 39.0 Å². The van der Waals surface area contributed by atoms with E-state index < -0.39 is 49.6 Å². The largest absolute Gasteiger partial charge is 0.416 e. The Bertz CT molecular complexity index is 1610. The van der Waals surface area contributed by atoms with E-state index in [1.165, 1.54) is 18.2 Å². The van der Waals surface area contributed by atoms with Crippen LogP contribution in [0.1, 0.15) is 85.2 Å². The van der Waals surface area contributed by atoms with Crippen LogP contribution in [-0.2, 0) is 26.7 Å². The molecule has 1 saturated heterocycles. The number of carbonyl (C=O) groups excluding carboxylic acids is 2. The molecule has 2 aliphatic rings. The molecule has 0 spiro atoms. The van der Waals surface area contributed by atoms with Crippen LogP contribution in [0, 0.1) is 5.82 Å². The number of aromatic nitrogens is 2. The number of hydrogen-bond donors (Lipinski definition) is 1. The van der Waals surface area contributed by atoms with Gasteiger partial charge in [-0.2, -0.15) is 18.3 Å². The first-order valence-corrected chi connectivity index (χ1v) is 18.8. The molecule has 1 N–H and O–H groups in total. The number of fused-ring (bicyclic) bond motifs is 1. The maximum Gasteiger partial charge on any atom is 0.416 e. The Balaban J connectivity index is 1.67. The highest BCUT2D eigenvalue weighted by Crippen LogP contribution is 2.46. The summed E-state index contributed by atoms with van der Waals surface area (Å²) in [4.78, 5) is 29.6. The molecule has 0 aliphatic carbocycles. The first kappa shape index (κ1) is 34.8. The lowest BCUT2D eigenvalue weighted by Gasteiger charge is -2.40. The van der Waals surface area contributed by atoms with Gasteiger partial charge in [0.1, 0.15) is 17.7 Å². The van der Waals surface area contributed by atoms with Gasteiger partial charge in [-0.3, -0.25) is 14.5 Å². The van der Waals surface area contributed by atoms with Crippen LogP contribution in [0.5, 0.6) is 0 Å². The zero-order valence-electron chi connectivity index (χ0n) is 27.6. The molecule has 3 heterocycles. The van der Waals surface area contributed by atoms with Crippen molar-refractivity contribution in [2.45, 2.75) is 89.5 Å². The molecule has 1 fully saturated rings. The van der Waals surface area contributed by atoms with Crippen molar-refractivity contribution in [3.63, 3.8) is 0 Å². The number of alkyl halides is 3. The molecule has 2 atom stereocenters. The summed E-state index contributed by atoms with van der Waals surface area (Å²) in [7, 11) is -2.28. The summed E-state index contributed by atoms with van der Waals surface area (Å²) in [5.74, 6) is -2.01. The minimum atomic E-state index is -4.65. The van der Waals surface area contributed by atoms with Crippen LogP contribution < -0.4 is 10.2 Å². The first-order chi connectivity index (χ1) is 22.0. The molecule has 1 aromatic heterocycles. The van der Waals surface area contributed by atoms with Gasteiger partial charge < -0.3 is 14.5 Å². The average Bonchev–Trinajstić information content (AvgIpc) is 3.39. The smallest absolute Gasteiger partial charge is 0.411 e. The van der Waals surface area contributed by atoms with E-state index in [1.807, 2.05) is 11.6 Å². The second-order valence-electron chi connectivity index (χ2n) is 13.7. The number of amides is 2. The Morgan fingerprint density at radius 3 is 2.34 bits per heavy atom. The molecule has 47 heavy (non-hydrogen) atoms. The fourth-order valence-electron chi connectivity index (χ4n) is 5.95. The molecule has 2 aromatic carbocycles. The number of halogens is 4. The van der Waals surface area contributed by atoms with E-state index in [1.54, 1.807) is 17.0 Å². The van der Waals surface area contributed by atoms with E-state index in [2.05, 4.69) is 39.2 Å². The summed E-state index contributed by atoms with van der Waals surface area (Å²) in [6, 6.07) is 8.48. The van der Waals surface area contributed by atoms with Crippen molar-refractivity contribution >= 4 is 25.9 Å². The minimum Gasteiger partial charge on any atom is -0.411 e. The molecule has 13 heteroatoms. The third kappa shape index (κ3) is 7.02. The highest BCUT2D eigenvalue weighted by atomic mass is 28.4. The molecule has 2 amide bonds. The van der Waals surface area contributed by atoms with Gasteiger partial charge in [-0.25, -0.2) is 9.07 Å². The van der Waals surface area contributed by atoms with E-state index in [-0.39, 0.29) is 29.8 Å². The summed E-state index contributed by atoms with van der Waals surface area (Å²) >= 11 is 0. The Kier molecular flexibility index (Phi) is 9.73. The third-order valence-electron chi connectivity index (χ3n) is 9.63. The number of anilines is 1. The van der Waals surface area contributed by atoms with Crippen LogP contribution in [-0.4, -0.2) is 55.7 Å². The van der Waals surface area contributed by atoms with Gasteiger partial charge in [0.05, 0.1) is 23.9 Å². The average molecular weight is 675 g/mol. The molecular formula is C34H42F4N4O4Si. The van der Waals surface area contributed by atoms with Crippen molar-refractivity contribution in [1.29, 1.82) is 0 Å². The molecule has 8 nitrogen and oxygen atoms in total. The highest BCUT2D eigenvalue weighted by Gasteiger charge is 2.47. The molecule has 2 aliphatic heterocycles. The van der Waals surface area contributed by atoms with Crippen molar-refractivity contribution in [3.05, 3.63) is 82.3 Å². The van der Waals surface area contributed by atoms with Gasteiger partial charge in [0.25, 0.3) is 11.8 Å². The molecule has 0 unspecified atom stereocenters. The fourth-order valence-corrected chi connectivity index (χ4v) is 6.88. The van der Waals surface area contributed by atoms with Crippen molar-refractivity contribution in [3.8, 4) is 0 Å². The summed E-state index contributed by atoms with van der Waals surface area (Å²) in [6.07, 6.45) is -3.29. The van der Waals surface area contributed by atoms with Crippen LogP contribution in [0.25, 0.3) is 0 Å². The third-order valence-corrected chi connectivity index (χ3v) is 14.1. The van der Waals surface area contributed by atoms with Gasteiger partial charge in [0.15, 0.2) is 8.32 Å². The number of likely N-dealkylation sites (N-methyl/N-ethyl adjacent to an activating group) is 1. The summed E-state index contributed by atoms with van der Waals surface area (Å²) in [6.45, 7) is 13.9. The molecule has 0 bridgehead atoms. The maximum absolute atomic E-state index is 14.4. The van der Waals surface area contributed by atoms with Crippen molar-refractivity contribution < 1.29 is 36.3 Å². The number of nitrogens with one attached hydrogen (secondary N) is 1. The predicted octanol–water partition coefficient (Wildman–Crippen LogP) is 7.21. The minimum absolute atomic E-state index is 0.0638. The van der Waals surface area contributed by atoms with Gasteiger partial charge in [0, 0.05) is 36.8 Å². The Morgan fingerprint density at radius 1 is 1.09 bits per heavy atom. The lowest BCUT2D eigenvalue weighted by atomic mass is 9.80.